The molecule has 0 spiro atoms. The third-order valence-corrected chi connectivity index (χ3v) is 16.1. The van der Waals surface area contributed by atoms with Gasteiger partial charge in [0.05, 0.1) is 65.0 Å². The van der Waals surface area contributed by atoms with Gasteiger partial charge < -0.3 is 142 Å². The van der Waals surface area contributed by atoms with Crippen molar-refractivity contribution in [2.45, 2.75) is 215 Å². The van der Waals surface area contributed by atoms with Crippen molar-refractivity contribution in [3.8, 4) is 0 Å². The van der Waals surface area contributed by atoms with Crippen molar-refractivity contribution >= 4 is 53.2 Å². The summed E-state index contributed by atoms with van der Waals surface area (Å²) in [7, 11) is 1.66. The molecule has 37 nitrogen and oxygen atoms in total. The molecular formula is C62H112N10O27. The Morgan fingerprint density at radius 1 is 0.343 bits per heavy atom. The number of amides is 9. The van der Waals surface area contributed by atoms with Crippen LogP contribution in [-0.2, 0) is 85.8 Å². The SMILES string of the molecule is CNC(COCCC(=O)NCCCNC(=O)CCCCOC1OC(CO)[C@H](O)C(O)C1NC(C)=O)(COCCC(=O)NCCCNC(=O)CCCCO[C@@H]1OC(CO)[C@H](O)C(O)C1NC(C)=O)COCCC(=O)NCCCNC(=O)CCCCO[C@@H]1OC(CO)[C@H](O)C(O)C1NC(C)=O. The number of carbonyl (C=O) groups is 9. The van der Waals surface area contributed by atoms with Crippen LogP contribution in [0.3, 0.4) is 0 Å². The first kappa shape index (κ1) is 87.7. The Labute approximate surface area is 576 Å². The Balaban J connectivity index is 1.36. The van der Waals surface area contributed by atoms with Crippen LogP contribution in [0.5, 0.6) is 0 Å². The van der Waals surface area contributed by atoms with E-state index in [0.29, 0.717) is 77.4 Å². The number of unbranched alkanes of at least 4 members (excludes halogenated alkanes) is 3. The van der Waals surface area contributed by atoms with Gasteiger partial charge in [-0.3, -0.25) is 43.2 Å². The topological polar surface area (TPSA) is 539 Å². The zero-order valence-electron chi connectivity index (χ0n) is 57.4. The molecule has 3 fully saturated rings. The predicted octanol–water partition coefficient (Wildman–Crippen LogP) is -7.58. The fourth-order valence-electron chi connectivity index (χ4n) is 10.4. The van der Waals surface area contributed by atoms with Crippen molar-refractivity contribution in [2.75, 3.05) is 126 Å². The quantitative estimate of drug-likeness (QED) is 0.0252. The normalized spacial score (nSPS) is 25.8. The fraction of sp³-hybridized carbons (Fsp3) is 0.855. The highest BCUT2D eigenvalue weighted by atomic mass is 16.7. The molecule has 0 aromatic rings. The third kappa shape index (κ3) is 34.8. The van der Waals surface area contributed by atoms with E-state index in [-0.39, 0.29) is 153 Å². The van der Waals surface area contributed by atoms with Gasteiger partial charge in [0.25, 0.3) is 0 Å². The number of hydrogen-bond donors (Lipinski definition) is 19. The zero-order chi connectivity index (χ0) is 73.1. The second-order valence-corrected chi connectivity index (χ2v) is 24.4. The van der Waals surface area contributed by atoms with E-state index < -0.39 is 135 Å². The molecule has 3 aliphatic rings. The number of aliphatic hydroxyl groups is 9. The number of ether oxygens (including phenoxy) is 9. The van der Waals surface area contributed by atoms with E-state index in [0.717, 1.165) is 0 Å². The van der Waals surface area contributed by atoms with Gasteiger partial charge >= 0.3 is 0 Å². The smallest absolute Gasteiger partial charge is 0.222 e. The largest absolute Gasteiger partial charge is 0.394 e. The van der Waals surface area contributed by atoms with E-state index in [4.69, 9.17) is 42.6 Å². The molecule has 0 saturated carbocycles. The Morgan fingerprint density at radius 2 is 0.586 bits per heavy atom. The van der Waals surface area contributed by atoms with Crippen LogP contribution in [0.15, 0.2) is 0 Å². The second-order valence-electron chi connectivity index (χ2n) is 24.4. The monoisotopic (exact) mass is 1430 g/mol. The number of hydrogen-bond acceptors (Lipinski definition) is 28. The fourth-order valence-corrected chi connectivity index (χ4v) is 10.4. The van der Waals surface area contributed by atoms with Gasteiger partial charge in [-0.2, -0.15) is 0 Å². The van der Waals surface area contributed by atoms with Crippen LogP contribution in [0.25, 0.3) is 0 Å². The summed E-state index contributed by atoms with van der Waals surface area (Å²) in [6, 6.07) is -3.22. The second kappa shape index (κ2) is 49.9. The van der Waals surface area contributed by atoms with E-state index in [1.165, 1.54) is 20.8 Å². The van der Waals surface area contributed by atoms with Gasteiger partial charge in [0.2, 0.25) is 53.2 Å². The summed E-state index contributed by atoms with van der Waals surface area (Å²) in [6.45, 7) is 3.94. The van der Waals surface area contributed by atoms with Gasteiger partial charge in [0.1, 0.15) is 73.1 Å². The Kier molecular flexibility index (Phi) is 44.2. The van der Waals surface area contributed by atoms with Crippen molar-refractivity contribution < 1.29 is 132 Å². The van der Waals surface area contributed by atoms with Crippen LogP contribution in [0.4, 0.5) is 0 Å². The van der Waals surface area contributed by atoms with E-state index in [1.54, 1.807) is 7.05 Å². The molecule has 10 unspecified atom stereocenters. The maximum atomic E-state index is 12.7. The summed E-state index contributed by atoms with van der Waals surface area (Å²) < 4.78 is 51.5. The van der Waals surface area contributed by atoms with Gasteiger partial charge in [0.15, 0.2) is 18.9 Å². The maximum absolute atomic E-state index is 12.7. The first-order valence-electron chi connectivity index (χ1n) is 33.9. The summed E-state index contributed by atoms with van der Waals surface area (Å²) in [5.74, 6) is -3.01. The molecule has 3 aliphatic heterocycles. The highest BCUT2D eigenvalue weighted by Gasteiger charge is 2.48. The Hall–Kier alpha value is -5.53. The van der Waals surface area contributed by atoms with Crippen LogP contribution in [0.2, 0.25) is 0 Å². The molecular weight excluding hydrogens is 1320 g/mol. The lowest BCUT2D eigenvalue weighted by Gasteiger charge is -2.42. The minimum atomic E-state index is -1.44. The van der Waals surface area contributed by atoms with Gasteiger partial charge in [-0.25, -0.2) is 0 Å². The van der Waals surface area contributed by atoms with Crippen molar-refractivity contribution in [2.24, 2.45) is 0 Å². The summed E-state index contributed by atoms with van der Waals surface area (Å²) in [5.41, 5.74) is -0.999. The van der Waals surface area contributed by atoms with Crippen LogP contribution < -0.4 is 53.2 Å². The molecule has 0 aromatic heterocycles. The van der Waals surface area contributed by atoms with Crippen LogP contribution in [0.1, 0.15) is 117 Å². The van der Waals surface area contributed by atoms with E-state index >= 15 is 0 Å². The molecule has 572 valence electrons. The lowest BCUT2D eigenvalue weighted by atomic mass is 9.97. The van der Waals surface area contributed by atoms with Crippen molar-refractivity contribution in [1.82, 2.24) is 53.2 Å². The Bertz CT molecular complexity index is 2130. The predicted molar refractivity (Wildman–Crippen MR) is 346 cm³/mol. The summed E-state index contributed by atoms with van der Waals surface area (Å²) in [6.07, 6.45) is -11.0. The summed E-state index contributed by atoms with van der Waals surface area (Å²) >= 11 is 0. The molecule has 3 saturated heterocycles. The third-order valence-electron chi connectivity index (χ3n) is 16.1. The molecule has 0 aromatic carbocycles. The lowest BCUT2D eigenvalue weighted by molar-refractivity contribution is -0.270. The van der Waals surface area contributed by atoms with Crippen LogP contribution >= 0.6 is 0 Å². The zero-order valence-corrected chi connectivity index (χ0v) is 57.4. The average Bonchev–Trinajstić information content (AvgIpc) is 0.824. The van der Waals surface area contributed by atoms with E-state index in [9.17, 15) is 89.1 Å². The number of carbonyl (C=O) groups excluding carboxylic acids is 9. The van der Waals surface area contributed by atoms with E-state index in [1.807, 2.05) is 0 Å². The molecule has 0 bridgehead atoms. The van der Waals surface area contributed by atoms with Crippen LogP contribution in [0, 0.1) is 0 Å². The molecule has 3 heterocycles. The maximum Gasteiger partial charge on any atom is 0.222 e. The number of aliphatic hydroxyl groups excluding tert-OH is 9. The summed E-state index contributed by atoms with van der Waals surface area (Å²) in [5, 5.41) is 118. The highest BCUT2D eigenvalue weighted by molar-refractivity contribution is 5.78. The molecule has 15 atom stereocenters. The summed E-state index contributed by atoms with van der Waals surface area (Å²) in [4.78, 5) is 111. The standard InChI is InChI=1S/C62H112N10O27/c1-38(76)70-50-56(88)53(85)41(32-73)97-59(50)94-26-8-5-14-44(79)64-20-11-23-67-47(82)17-29-91-35-62(63-4,36-92-30-18-48(83)68-24-12-21-65-45(80)15-6-9-27-95-60-51(71-39(2)77)57(89)54(86)42(33-74)98-60)37-93-31-19-49(84)69-25-13-22-66-46(81)16-7-10-28-96-61-52(72-40(3)78)58(90)55(87)43(34-75)99-61/h41-43,50-61,63,73-75,85-90H,5-37H2,1-4H3,(H,64,79)(H,65,80)(H,66,81)(H,67,82)(H,68,83)(H,69,84)(H,70,76)(H,71,77)(H,72,78)/t41?,42?,43?,50?,51?,52?,53-,54-,55-,56?,57?,58?,59+,60+,61?,62?/m0/s1. The minimum absolute atomic E-state index is 0.00567. The van der Waals surface area contributed by atoms with Gasteiger partial charge in [-0.05, 0) is 64.8 Å². The number of nitrogens with one attached hydrogen (secondary N) is 10. The molecule has 99 heavy (non-hydrogen) atoms. The van der Waals surface area contributed by atoms with Gasteiger partial charge in [-0.1, -0.05) is 0 Å². The van der Waals surface area contributed by atoms with Crippen molar-refractivity contribution in [1.29, 1.82) is 0 Å². The average molecular weight is 1430 g/mol. The molecule has 0 radical (unpaired) electrons. The highest BCUT2D eigenvalue weighted by Crippen LogP contribution is 2.26. The molecule has 9 amide bonds. The molecule has 0 aliphatic carbocycles. The van der Waals surface area contributed by atoms with Gasteiger partial charge in [0, 0.05) is 118 Å². The Morgan fingerprint density at radius 3 is 0.808 bits per heavy atom. The van der Waals surface area contributed by atoms with Gasteiger partial charge in [-0.15, -0.1) is 0 Å². The molecule has 3 rings (SSSR count). The number of likely N-dealkylation sites (N-methyl/N-ethyl adjacent to an activating group) is 1. The first-order chi connectivity index (χ1) is 47.4. The van der Waals surface area contributed by atoms with Crippen molar-refractivity contribution in [3.05, 3.63) is 0 Å². The molecule has 37 heteroatoms. The first-order valence-corrected chi connectivity index (χ1v) is 33.9. The van der Waals surface area contributed by atoms with Crippen molar-refractivity contribution in [3.63, 3.8) is 0 Å². The lowest BCUT2D eigenvalue weighted by Crippen LogP contribution is -2.64. The minimum Gasteiger partial charge on any atom is -0.394 e. The van der Waals surface area contributed by atoms with E-state index in [2.05, 4.69) is 53.2 Å². The van der Waals surface area contributed by atoms with Crippen LogP contribution in [-0.4, -0.2) is 322 Å². The molecule has 19 N–H and O–H groups in total. The number of rotatable bonds is 52.